The van der Waals surface area contributed by atoms with Crippen LogP contribution in [-0.4, -0.2) is 57.3 Å². The summed E-state index contributed by atoms with van der Waals surface area (Å²) in [5.74, 6) is 1.32. The van der Waals surface area contributed by atoms with Gasteiger partial charge in [0.25, 0.3) is 0 Å². The van der Waals surface area contributed by atoms with Crippen LogP contribution in [0, 0.1) is 5.41 Å². The predicted octanol–water partition coefficient (Wildman–Crippen LogP) is 2.22. The van der Waals surface area contributed by atoms with E-state index in [1.807, 2.05) is 17.0 Å². The Bertz CT molecular complexity index is 762. The quantitative estimate of drug-likeness (QED) is 0.909. The second-order valence-electron chi connectivity index (χ2n) is 7.42. The van der Waals surface area contributed by atoms with Crippen LogP contribution in [0.2, 0.25) is 0 Å². The fourth-order valence-corrected chi connectivity index (χ4v) is 4.57. The number of hydrogen-bond acceptors (Lipinski definition) is 5. The van der Waals surface area contributed by atoms with Gasteiger partial charge >= 0.3 is 0 Å². The van der Waals surface area contributed by atoms with E-state index in [4.69, 9.17) is 4.74 Å². The van der Waals surface area contributed by atoms with Crippen LogP contribution < -0.4 is 0 Å². The van der Waals surface area contributed by atoms with Gasteiger partial charge in [-0.05, 0) is 37.8 Å². The van der Waals surface area contributed by atoms with Crippen molar-refractivity contribution < 1.29 is 9.53 Å². The van der Waals surface area contributed by atoms with Crippen LogP contribution in [-0.2, 0) is 16.0 Å². The summed E-state index contributed by atoms with van der Waals surface area (Å²) in [6.07, 6.45) is 9.61. The van der Waals surface area contributed by atoms with Crippen molar-refractivity contribution in [3.63, 3.8) is 0 Å². The van der Waals surface area contributed by atoms with E-state index in [0.29, 0.717) is 11.6 Å². The van der Waals surface area contributed by atoms with E-state index in [2.05, 4.69) is 20.2 Å². The van der Waals surface area contributed by atoms with Gasteiger partial charge < -0.3 is 9.64 Å². The number of pyridine rings is 1. The molecule has 2 atom stereocenters. The number of likely N-dealkylation sites (tertiary alicyclic amines) is 1. The molecule has 26 heavy (non-hydrogen) atoms. The fourth-order valence-electron chi connectivity index (χ4n) is 4.57. The number of piperidine rings is 1. The maximum absolute atomic E-state index is 12.8. The molecule has 138 valence electrons. The zero-order chi connectivity index (χ0) is 18.0. The van der Waals surface area contributed by atoms with Gasteiger partial charge in [-0.3, -0.25) is 14.9 Å². The predicted molar refractivity (Wildman–Crippen MR) is 96.2 cm³/mol. The molecule has 0 unspecified atom stereocenters. The van der Waals surface area contributed by atoms with Gasteiger partial charge in [0.15, 0.2) is 5.82 Å². The maximum Gasteiger partial charge on any atom is 0.230 e. The van der Waals surface area contributed by atoms with Crippen molar-refractivity contribution in [2.75, 3.05) is 20.2 Å². The molecule has 1 amide bonds. The number of ether oxygens (including phenoxy) is 1. The second-order valence-corrected chi connectivity index (χ2v) is 7.42. The Morgan fingerprint density at radius 3 is 2.96 bits per heavy atom. The lowest BCUT2D eigenvalue weighted by Crippen LogP contribution is -2.50. The molecule has 1 spiro atoms. The third-order valence-corrected chi connectivity index (χ3v) is 5.86. The third-order valence-electron chi connectivity index (χ3n) is 5.86. The van der Waals surface area contributed by atoms with Crippen molar-refractivity contribution in [3.8, 4) is 11.4 Å². The summed E-state index contributed by atoms with van der Waals surface area (Å²) in [6.45, 7) is 1.62. The molecule has 1 aliphatic heterocycles. The van der Waals surface area contributed by atoms with Crippen molar-refractivity contribution in [3.05, 3.63) is 30.4 Å². The SMILES string of the molecule is CO[C@@H]1CCC[C@]12CCCN(C(=O)Cc1nc(-c3ccncc3)n[nH]1)C2. The van der Waals surface area contributed by atoms with Crippen LogP contribution in [0.5, 0.6) is 0 Å². The second kappa shape index (κ2) is 7.15. The molecule has 1 aliphatic carbocycles. The van der Waals surface area contributed by atoms with Crippen molar-refractivity contribution in [2.24, 2.45) is 5.41 Å². The van der Waals surface area contributed by atoms with Crippen LogP contribution in [0.15, 0.2) is 24.5 Å². The highest BCUT2D eigenvalue weighted by Crippen LogP contribution is 2.46. The first-order valence-corrected chi connectivity index (χ1v) is 9.32. The highest BCUT2D eigenvalue weighted by atomic mass is 16.5. The number of carbonyl (C=O) groups excluding carboxylic acids is 1. The number of aromatic amines is 1. The van der Waals surface area contributed by atoms with Crippen molar-refractivity contribution >= 4 is 5.91 Å². The molecule has 0 radical (unpaired) electrons. The van der Waals surface area contributed by atoms with Gasteiger partial charge in [-0.15, -0.1) is 0 Å². The molecule has 0 aromatic carbocycles. The van der Waals surface area contributed by atoms with Gasteiger partial charge in [-0.25, -0.2) is 4.98 Å². The highest BCUT2D eigenvalue weighted by Gasteiger charge is 2.46. The smallest absolute Gasteiger partial charge is 0.230 e. The molecule has 0 bridgehead atoms. The lowest BCUT2D eigenvalue weighted by Gasteiger charge is -2.43. The van der Waals surface area contributed by atoms with Gasteiger partial charge in [-0.1, -0.05) is 6.42 Å². The van der Waals surface area contributed by atoms with E-state index in [1.165, 1.54) is 6.42 Å². The van der Waals surface area contributed by atoms with Gasteiger partial charge in [0.2, 0.25) is 5.91 Å². The number of carbonyl (C=O) groups is 1. The average Bonchev–Trinajstić information content (AvgIpc) is 3.29. The number of methoxy groups -OCH3 is 1. The number of nitrogens with one attached hydrogen (secondary N) is 1. The Labute approximate surface area is 153 Å². The molecule has 2 aromatic heterocycles. The van der Waals surface area contributed by atoms with Crippen molar-refractivity contribution in [1.29, 1.82) is 0 Å². The van der Waals surface area contributed by atoms with E-state index < -0.39 is 0 Å². The average molecular weight is 355 g/mol. The molecular weight excluding hydrogens is 330 g/mol. The maximum atomic E-state index is 12.8. The number of rotatable bonds is 4. The minimum atomic E-state index is 0.114. The van der Waals surface area contributed by atoms with Gasteiger partial charge in [0.1, 0.15) is 5.82 Å². The molecule has 2 fully saturated rings. The lowest BCUT2D eigenvalue weighted by molar-refractivity contribution is -0.136. The summed E-state index contributed by atoms with van der Waals surface area (Å²) < 4.78 is 5.73. The fraction of sp³-hybridized carbons (Fsp3) is 0.579. The molecule has 4 rings (SSSR count). The third kappa shape index (κ3) is 3.23. The molecule has 1 saturated heterocycles. The van der Waals surface area contributed by atoms with Gasteiger partial charge in [-0.2, -0.15) is 5.10 Å². The number of hydrogen-bond donors (Lipinski definition) is 1. The summed E-state index contributed by atoms with van der Waals surface area (Å²) in [7, 11) is 1.80. The number of aromatic nitrogens is 4. The molecule has 1 N–H and O–H groups in total. The number of nitrogens with zero attached hydrogens (tertiary/aromatic N) is 4. The Balaban J connectivity index is 1.43. The summed E-state index contributed by atoms with van der Waals surface area (Å²) in [4.78, 5) is 23.3. The number of amides is 1. The summed E-state index contributed by atoms with van der Waals surface area (Å²) in [6, 6.07) is 3.71. The van der Waals surface area contributed by atoms with Crippen LogP contribution in [0.3, 0.4) is 0 Å². The monoisotopic (exact) mass is 355 g/mol. The highest BCUT2D eigenvalue weighted by molar-refractivity contribution is 5.78. The Hall–Kier alpha value is -2.28. The zero-order valence-corrected chi connectivity index (χ0v) is 15.1. The molecule has 2 aliphatic rings. The van der Waals surface area contributed by atoms with E-state index >= 15 is 0 Å². The Morgan fingerprint density at radius 2 is 2.15 bits per heavy atom. The Morgan fingerprint density at radius 1 is 1.35 bits per heavy atom. The summed E-state index contributed by atoms with van der Waals surface area (Å²) in [5.41, 5.74) is 1.03. The van der Waals surface area contributed by atoms with Crippen molar-refractivity contribution in [2.45, 2.75) is 44.6 Å². The minimum absolute atomic E-state index is 0.114. The molecule has 3 heterocycles. The first kappa shape index (κ1) is 17.1. The molecule has 7 heteroatoms. The molecule has 1 saturated carbocycles. The lowest BCUT2D eigenvalue weighted by atomic mass is 9.76. The molecular formula is C19H25N5O2. The van der Waals surface area contributed by atoms with Crippen LogP contribution in [0.25, 0.3) is 11.4 Å². The van der Waals surface area contributed by atoms with Crippen LogP contribution >= 0.6 is 0 Å². The first-order chi connectivity index (χ1) is 12.7. The van der Waals surface area contributed by atoms with E-state index in [-0.39, 0.29) is 23.8 Å². The Kier molecular flexibility index (Phi) is 4.72. The van der Waals surface area contributed by atoms with Crippen LogP contribution in [0.4, 0.5) is 0 Å². The molecule has 7 nitrogen and oxygen atoms in total. The minimum Gasteiger partial charge on any atom is -0.381 e. The van der Waals surface area contributed by atoms with Gasteiger partial charge in [0, 0.05) is 43.6 Å². The largest absolute Gasteiger partial charge is 0.381 e. The standard InChI is InChI=1S/C19H25N5O2/c1-26-15-4-2-7-19(15)8-3-11-24(13-19)17(25)12-16-21-18(23-22-16)14-5-9-20-10-6-14/h5-6,9-10,15H,2-4,7-8,11-13H2,1H3,(H,21,22,23)/t15-,19-/m1/s1. The van der Waals surface area contributed by atoms with Gasteiger partial charge in [0.05, 0.1) is 12.5 Å². The summed E-state index contributed by atoms with van der Waals surface area (Å²) >= 11 is 0. The van der Waals surface area contributed by atoms with E-state index in [0.717, 1.165) is 44.3 Å². The topological polar surface area (TPSA) is 84.0 Å². The normalized spacial score (nSPS) is 25.7. The first-order valence-electron chi connectivity index (χ1n) is 9.32. The van der Waals surface area contributed by atoms with E-state index in [1.54, 1.807) is 19.5 Å². The number of H-pyrrole nitrogens is 1. The van der Waals surface area contributed by atoms with Crippen LogP contribution in [0.1, 0.15) is 37.9 Å². The zero-order valence-electron chi connectivity index (χ0n) is 15.1. The summed E-state index contributed by atoms with van der Waals surface area (Å²) in [5, 5.41) is 7.13. The molecule has 2 aromatic rings. The van der Waals surface area contributed by atoms with E-state index in [9.17, 15) is 4.79 Å². The van der Waals surface area contributed by atoms with Crippen molar-refractivity contribution in [1.82, 2.24) is 25.1 Å².